The smallest absolute Gasteiger partial charge is 0.339 e. The molecule has 3 aromatic carbocycles. The van der Waals surface area contributed by atoms with Crippen LogP contribution in [0.2, 0.25) is 0 Å². The van der Waals surface area contributed by atoms with Gasteiger partial charge in [0.1, 0.15) is 0 Å². The topological polar surface area (TPSA) is 52.6 Å². The zero-order valence-corrected chi connectivity index (χ0v) is 19.5. The molecule has 0 heterocycles. The first-order chi connectivity index (χ1) is 15.2. The van der Waals surface area contributed by atoms with Crippen LogP contribution in [-0.2, 0) is 18.8 Å². The lowest BCUT2D eigenvalue weighted by Crippen LogP contribution is -2.51. The molecule has 0 radical (unpaired) electrons. The van der Waals surface area contributed by atoms with Crippen LogP contribution < -0.4 is 0 Å². The summed E-state index contributed by atoms with van der Waals surface area (Å²) in [6.07, 6.45) is 0.0370. The van der Waals surface area contributed by atoms with E-state index in [1.54, 1.807) is 18.7 Å². The van der Waals surface area contributed by atoms with Gasteiger partial charge in [0.05, 0.1) is 12.8 Å². The van der Waals surface area contributed by atoms with Gasteiger partial charge in [0.2, 0.25) is 0 Å². The second-order valence-electron chi connectivity index (χ2n) is 7.08. The number of hydrogen-bond acceptors (Lipinski definition) is 5. The van der Waals surface area contributed by atoms with E-state index in [0.717, 1.165) is 10.5 Å². The van der Waals surface area contributed by atoms with Gasteiger partial charge in [-0.25, -0.2) is 4.79 Å². The Kier molecular flexibility index (Phi) is 8.65. The average molecular weight is 455 g/mol. The lowest BCUT2D eigenvalue weighted by molar-refractivity contribution is -0.171. The highest BCUT2D eigenvalue weighted by Gasteiger charge is 2.49. The predicted molar refractivity (Wildman–Crippen MR) is 127 cm³/mol. The molecule has 0 aliphatic carbocycles. The van der Waals surface area contributed by atoms with Gasteiger partial charge in [0.15, 0.2) is 14.1 Å². The number of esters is 1. The predicted octanol–water partition coefficient (Wildman–Crippen LogP) is 6.35. The van der Waals surface area contributed by atoms with Crippen LogP contribution in [0.15, 0.2) is 77.7 Å². The van der Waals surface area contributed by atoms with E-state index in [9.17, 15) is 9.36 Å². The minimum absolute atomic E-state index is 0.0370. The Morgan fingerprint density at radius 2 is 1.68 bits per heavy atom. The van der Waals surface area contributed by atoms with E-state index in [-0.39, 0.29) is 27.1 Å². The molecule has 3 aromatic rings. The second-order valence-corrected chi connectivity index (χ2v) is 8.72. The Hall–Kier alpha value is -2.20. The summed E-state index contributed by atoms with van der Waals surface area (Å²) in [5.74, 6) is -0.225. The Balaban J connectivity index is 2.04. The van der Waals surface area contributed by atoms with Crippen molar-refractivity contribution in [2.24, 2.45) is 0 Å². The molecule has 4 nitrogen and oxygen atoms in total. The standard InChI is InChI=1S/C25H27O4PS/c1-3-28-24(26)25(18-30-27,29-4-2)22(20-12-6-5-7-13-20)17-31-23-16-10-14-19-11-8-9-15-21(19)23/h5-16,22H,3-4,17-18H2,1-2H3. The van der Waals surface area contributed by atoms with Gasteiger partial charge in [-0.1, -0.05) is 66.7 Å². The molecule has 0 amide bonds. The van der Waals surface area contributed by atoms with Crippen LogP contribution in [0.25, 0.3) is 10.8 Å². The minimum Gasteiger partial charge on any atom is -0.464 e. The van der Waals surface area contributed by atoms with Crippen LogP contribution in [0.1, 0.15) is 25.3 Å². The quantitative estimate of drug-likeness (QED) is 0.192. The maximum atomic E-state index is 13.2. The highest BCUT2D eigenvalue weighted by molar-refractivity contribution is 7.99. The van der Waals surface area contributed by atoms with Gasteiger partial charge in [0, 0.05) is 23.2 Å². The summed E-state index contributed by atoms with van der Waals surface area (Å²) in [6.45, 7) is 4.17. The van der Waals surface area contributed by atoms with Crippen LogP contribution in [-0.4, -0.2) is 36.7 Å². The molecular weight excluding hydrogens is 427 g/mol. The van der Waals surface area contributed by atoms with Crippen LogP contribution in [0, 0.1) is 0 Å². The molecule has 0 fully saturated rings. The lowest BCUT2D eigenvalue weighted by atomic mass is 9.84. The van der Waals surface area contributed by atoms with Crippen molar-refractivity contribution in [3.05, 3.63) is 78.4 Å². The Labute approximate surface area is 189 Å². The molecule has 0 aliphatic rings. The van der Waals surface area contributed by atoms with Crippen LogP contribution in [0.4, 0.5) is 0 Å². The third-order valence-electron chi connectivity index (χ3n) is 5.24. The number of carbonyl (C=O) groups excluding carboxylic acids is 1. The normalized spacial score (nSPS) is 14.3. The number of ether oxygens (including phenoxy) is 2. The summed E-state index contributed by atoms with van der Waals surface area (Å²) >= 11 is 1.67. The summed E-state index contributed by atoms with van der Waals surface area (Å²) in [4.78, 5) is 14.3. The van der Waals surface area contributed by atoms with Gasteiger partial charge in [-0.05, 0) is 36.2 Å². The van der Waals surface area contributed by atoms with Crippen molar-refractivity contribution in [2.75, 3.05) is 25.1 Å². The number of hydrogen-bond donors (Lipinski definition) is 0. The number of thioether (sulfide) groups is 1. The Morgan fingerprint density at radius 3 is 2.39 bits per heavy atom. The monoisotopic (exact) mass is 454 g/mol. The lowest BCUT2D eigenvalue weighted by Gasteiger charge is -2.37. The summed E-state index contributed by atoms with van der Waals surface area (Å²) in [6, 6.07) is 24.3. The first-order valence-corrected chi connectivity index (χ1v) is 12.4. The van der Waals surface area contributed by atoms with Crippen molar-refractivity contribution in [3.8, 4) is 0 Å². The van der Waals surface area contributed by atoms with Gasteiger partial charge < -0.3 is 9.47 Å². The number of carbonyl (C=O) groups is 1. The van der Waals surface area contributed by atoms with E-state index in [0.29, 0.717) is 12.4 Å². The minimum atomic E-state index is -1.33. The molecule has 31 heavy (non-hydrogen) atoms. The van der Waals surface area contributed by atoms with Crippen molar-refractivity contribution >= 4 is 37.0 Å². The van der Waals surface area contributed by atoms with Crippen molar-refractivity contribution in [3.63, 3.8) is 0 Å². The molecule has 2 unspecified atom stereocenters. The van der Waals surface area contributed by atoms with Crippen molar-refractivity contribution in [2.45, 2.75) is 30.3 Å². The molecule has 0 N–H and O–H groups in total. The fraction of sp³-hybridized carbons (Fsp3) is 0.320. The fourth-order valence-corrected chi connectivity index (χ4v) is 5.77. The average Bonchev–Trinajstić information content (AvgIpc) is 2.80. The van der Waals surface area contributed by atoms with Crippen molar-refractivity contribution in [1.82, 2.24) is 0 Å². The van der Waals surface area contributed by atoms with E-state index in [4.69, 9.17) is 9.47 Å². The molecule has 0 aromatic heterocycles. The summed E-state index contributed by atoms with van der Waals surface area (Å²) < 4.78 is 23.3. The van der Waals surface area contributed by atoms with E-state index in [2.05, 4.69) is 24.3 Å². The molecule has 0 aliphatic heterocycles. The van der Waals surface area contributed by atoms with Crippen LogP contribution in [0.3, 0.4) is 0 Å². The van der Waals surface area contributed by atoms with Gasteiger partial charge in [0.25, 0.3) is 0 Å². The van der Waals surface area contributed by atoms with E-state index >= 15 is 0 Å². The van der Waals surface area contributed by atoms with Crippen molar-refractivity contribution < 1.29 is 18.8 Å². The summed E-state index contributed by atoms with van der Waals surface area (Å²) in [7, 11) is -0.155. The molecule has 0 saturated heterocycles. The largest absolute Gasteiger partial charge is 0.464 e. The third kappa shape index (κ3) is 5.35. The first-order valence-electron chi connectivity index (χ1n) is 10.4. The molecule has 2 atom stereocenters. The molecular formula is C25H27O4PS. The van der Waals surface area contributed by atoms with Gasteiger partial charge >= 0.3 is 5.97 Å². The molecule has 162 valence electrons. The number of benzene rings is 3. The van der Waals surface area contributed by atoms with Crippen LogP contribution in [0.5, 0.6) is 0 Å². The van der Waals surface area contributed by atoms with Crippen molar-refractivity contribution in [1.29, 1.82) is 0 Å². The fourth-order valence-electron chi connectivity index (χ4n) is 3.81. The molecule has 0 saturated carbocycles. The van der Waals surface area contributed by atoms with Gasteiger partial charge in [-0.15, -0.1) is 11.8 Å². The highest BCUT2D eigenvalue weighted by atomic mass is 32.2. The number of fused-ring (bicyclic) bond motifs is 1. The van der Waals surface area contributed by atoms with Gasteiger partial charge in [-0.2, -0.15) is 0 Å². The zero-order valence-electron chi connectivity index (χ0n) is 17.8. The SMILES string of the molecule is CCOC(=O)C(CP=O)(OCC)C(CSc1cccc2ccccc12)c1ccccc1. The van der Waals surface area contributed by atoms with Gasteiger partial charge in [-0.3, -0.25) is 4.57 Å². The molecule has 3 rings (SSSR count). The highest BCUT2D eigenvalue weighted by Crippen LogP contribution is 2.41. The van der Waals surface area contributed by atoms with E-state index in [1.807, 2.05) is 55.5 Å². The third-order valence-corrected chi connectivity index (χ3v) is 7.01. The first kappa shape index (κ1) is 23.5. The number of rotatable bonds is 11. The maximum Gasteiger partial charge on any atom is 0.339 e. The van der Waals surface area contributed by atoms with E-state index in [1.165, 1.54) is 10.8 Å². The molecule has 0 bridgehead atoms. The molecule has 6 heteroatoms. The molecule has 0 spiro atoms. The second kappa shape index (κ2) is 11.4. The Morgan fingerprint density at radius 1 is 0.968 bits per heavy atom. The summed E-state index contributed by atoms with van der Waals surface area (Å²) in [5, 5.41) is 2.34. The summed E-state index contributed by atoms with van der Waals surface area (Å²) in [5.41, 5.74) is -0.368. The maximum absolute atomic E-state index is 13.2. The van der Waals surface area contributed by atoms with E-state index < -0.39 is 11.6 Å². The zero-order chi connectivity index (χ0) is 22.1. The van der Waals surface area contributed by atoms with Crippen LogP contribution >= 0.6 is 20.2 Å². The Bertz CT molecular complexity index is 1010.